The molecular formula is C14H15N3. The lowest BCUT2D eigenvalue weighted by Gasteiger charge is -2.19. The molecule has 1 aromatic carbocycles. The Labute approximate surface area is 101 Å². The lowest BCUT2D eigenvalue weighted by Crippen LogP contribution is -2.30. The number of nitrogens with zero attached hydrogens (tertiary/aromatic N) is 2. The topological polar surface area (TPSA) is 51.3 Å². The minimum atomic E-state index is -0.723. The van der Waals surface area contributed by atoms with Gasteiger partial charge in [-0.3, -0.25) is 9.98 Å². The summed E-state index contributed by atoms with van der Waals surface area (Å²) in [4.78, 5) is 8.56. The Hall–Kier alpha value is -2.00. The zero-order valence-corrected chi connectivity index (χ0v) is 9.75. The smallest absolute Gasteiger partial charge is 0.131 e. The Bertz CT molecular complexity index is 489. The first-order valence-corrected chi connectivity index (χ1v) is 5.49. The van der Waals surface area contributed by atoms with Crippen LogP contribution in [-0.2, 0) is 5.66 Å². The van der Waals surface area contributed by atoms with E-state index in [0.29, 0.717) is 0 Å². The first-order valence-electron chi connectivity index (χ1n) is 5.49. The molecule has 0 saturated heterocycles. The molecule has 86 valence electrons. The van der Waals surface area contributed by atoms with Gasteiger partial charge in [-0.1, -0.05) is 36.4 Å². The standard InChI is InChI=1S/C14H15N3/c1-14(15,12-7-3-2-4-8-12)17-11-13-9-5-6-10-16-13/h2-11H,15H2,1H3/b17-11+. The predicted octanol–water partition coefficient (Wildman–Crippen LogP) is 2.33. The molecule has 0 amide bonds. The largest absolute Gasteiger partial charge is 0.304 e. The van der Waals surface area contributed by atoms with Gasteiger partial charge in [0.05, 0.1) is 5.69 Å². The Balaban J connectivity index is 2.21. The molecule has 2 aromatic rings. The highest BCUT2D eigenvalue weighted by atomic mass is 15.0. The molecule has 3 heteroatoms. The van der Waals surface area contributed by atoms with E-state index in [1.165, 1.54) is 0 Å². The maximum Gasteiger partial charge on any atom is 0.131 e. The molecule has 1 aromatic heterocycles. The SMILES string of the molecule is CC(N)(/N=C/c1ccccn1)c1ccccc1. The molecule has 0 fully saturated rings. The molecule has 1 atom stereocenters. The first kappa shape index (κ1) is 11.5. The number of benzene rings is 1. The minimum Gasteiger partial charge on any atom is -0.304 e. The van der Waals surface area contributed by atoms with Gasteiger partial charge in [0, 0.05) is 12.4 Å². The minimum absolute atomic E-state index is 0.723. The fraction of sp³-hybridized carbons (Fsp3) is 0.143. The molecule has 2 rings (SSSR count). The van der Waals surface area contributed by atoms with E-state index in [1.54, 1.807) is 12.4 Å². The van der Waals surface area contributed by atoms with Crippen molar-refractivity contribution in [2.24, 2.45) is 10.7 Å². The number of rotatable bonds is 3. The molecule has 1 heterocycles. The number of pyridine rings is 1. The van der Waals surface area contributed by atoms with Crippen LogP contribution in [0.4, 0.5) is 0 Å². The average Bonchev–Trinajstić information content (AvgIpc) is 2.39. The highest BCUT2D eigenvalue weighted by Crippen LogP contribution is 2.18. The van der Waals surface area contributed by atoms with Gasteiger partial charge in [-0.15, -0.1) is 0 Å². The molecule has 0 bridgehead atoms. The van der Waals surface area contributed by atoms with Crippen LogP contribution in [0.25, 0.3) is 0 Å². The van der Waals surface area contributed by atoms with Gasteiger partial charge in [0.15, 0.2) is 0 Å². The lowest BCUT2D eigenvalue weighted by atomic mass is 10.0. The summed E-state index contributed by atoms with van der Waals surface area (Å²) in [7, 11) is 0. The molecule has 0 aliphatic heterocycles. The second-order valence-electron chi connectivity index (χ2n) is 4.03. The average molecular weight is 225 g/mol. The normalized spacial score (nSPS) is 14.7. The summed E-state index contributed by atoms with van der Waals surface area (Å²) in [5.74, 6) is 0. The third kappa shape index (κ3) is 2.98. The van der Waals surface area contributed by atoms with Crippen molar-refractivity contribution in [2.45, 2.75) is 12.6 Å². The summed E-state index contributed by atoms with van der Waals surface area (Å²) < 4.78 is 0. The number of hydrogen-bond donors (Lipinski definition) is 1. The summed E-state index contributed by atoms with van der Waals surface area (Å²) in [6.45, 7) is 1.88. The predicted molar refractivity (Wildman–Crippen MR) is 69.8 cm³/mol. The Morgan fingerprint density at radius 1 is 1.12 bits per heavy atom. The molecule has 2 N–H and O–H groups in total. The van der Waals surface area contributed by atoms with Crippen molar-refractivity contribution in [1.82, 2.24) is 4.98 Å². The van der Waals surface area contributed by atoms with Gasteiger partial charge in [-0.25, -0.2) is 0 Å². The Kier molecular flexibility index (Phi) is 3.30. The van der Waals surface area contributed by atoms with E-state index in [9.17, 15) is 0 Å². The summed E-state index contributed by atoms with van der Waals surface area (Å²) in [5, 5.41) is 0. The van der Waals surface area contributed by atoms with Crippen LogP contribution in [0.3, 0.4) is 0 Å². The molecule has 0 spiro atoms. The third-order valence-corrected chi connectivity index (χ3v) is 2.51. The van der Waals surface area contributed by atoms with Gasteiger partial charge in [0.1, 0.15) is 5.66 Å². The van der Waals surface area contributed by atoms with E-state index in [-0.39, 0.29) is 0 Å². The fourth-order valence-electron chi connectivity index (χ4n) is 1.50. The summed E-state index contributed by atoms with van der Waals surface area (Å²) in [5.41, 5.74) is 7.22. The second-order valence-corrected chi connectivity index (χ2v) is 4.03. The lowest BCUT2D eigenvalue weighted by molar-refractivity contribution is 0.527. The number of nitrogens with two attached hydrogens (primary N) is 1. The summed E-state index contributed by atoms with van der Waals surface area (Å²) in [6.07, 6.45) is 3.44. The van der Waals surface area contributed by atoms with Crippen LogP contribution in [0, 0.1) is 0 Å². The third-order valence-electron chi connectivity index (χ3n) is 2.51. The van der Waals surface area contributed by atoms with Crippen LogP contribution in [0.2, 0.25) is 0 Å². The van der Waals surface area contributed by atoms with Gasteiger partial charge in [-0.05, 0) is 24.6 Å². The summed E-state index contributed by atoms with van der Waals surface area (Å²) in [6, 6.07) is 15.5. The van der Waals surface area contributed by atoms with Crippen LogP contribution in [0.15, 0.2) is 59.7 Å². The number of hydrogen-bond acceptors (Lipinski definition) is 3. The molecular weight excluding hydrogens is 210 g/mol. The molecule has 3 nitrogen and oxygen atoms in total. The van der Waals surface area contributed by atoms with Crippen molar-refractivity contribution >= 4 is 6.21 Å². The number of aromatic nitrogens is 1. The monoisotopic (exact) mass is 225 g/mol. The van der Waals surface area contributed by atoms with E-state index in [2.05, 4.69) is 9.98 Å². The fourth-order valence-corrected chi connectivity index (χ4v) is 1.50. The van der Waals surface area contributed by atoms with E-state index in [1.807, 2.05) is 55.5 Å². The highest BCUT2D eigenvalue weighted by Gasteiger charge is 2.17. The molecule has 0 radical (unpaired) electrons. The van der Waals surface area contributed by atoms with Crippen molar-refractivity contribution in [3.05, 3.63) is 66.0 Å². The zero-order chi connectivity index (χ0) is 12.1. The van der Waals surface area contributed by atoms with Crippen LogP contribution < -0.4 is 5.73 Å². The van der Waals surface area contributed by atoms with Crippen LogP contribution in [0.1, 0.15) is 18.2 Å². The first-order chi connectivity index (χ1) is 8.18. The van der Waals surface area contributed by atoms with Crippen LogP contribution >= 0.6 is 0 Å². The van der Waals surface area contributed by atoms with Gasteiger partial charge in [0.25, 0.3) is 0 Å². The van der Waals surface area contributed by atoms with Gasteiger partial charge >= 0.3 is 0 Å². The zero-order valence-electron chi connectivity index (χ0n) is 9.75. The molecule has 0 aliphatic carbocycles. The maximum absolute atomic E-state index is 6.16. The molecule has 0 saturated carbocycles. The van der Waals surface area contributed by atoms with E-state index in [4.69, 9.17) is 5.73 Å². The van der Waals surface area contributed by atoms with Crippen molar-refractivity contribution in [2.75, 3.05) is 0 Å². The van der Waals surface area contributed by atoms with Crippen molar-refractivity contribution < 1.29 is 0 Å². The van der Waals surface area contributed by atoms with Crippen molar-refractivity contribution in [3.63, 3.8) is 0 Å². The van der Waals surface area contributed by atoms with Gasteiger partial charge in [-0.2, -0.15) is 0 Å². The Morgan fingerprint density at radius 3 is 2.47 bits per heavy atom. The van der Waals surface area contributed by atoms with Crippen LogP contribution in [-0.4, -0.2) is 11.2 Å². The van der Waals surface area contributed by atoms with Crippen molar-refractivity contribution in [3.8, 4) is 0 Å². The van der Waals surface area contributed by atoms with Crippen molar-refractivity contribution in [1.29, 1.82) is 0 Å². The summed E-state index contributed by atoms with van der Waals surface area (Å²) >= 11 is 0. The van der Waals surface area contributed by atoms with E-state index in [0.717, 1.165) is 11.3 Å². The van der Waals surface area contributed by atoms with Crippen LogP contribution in [0.5, 0.6) is 0 Å². The van der Waals surface area contributed by atoms with E-state index >= 15 is 0 Å². The van der Waals surface area contributed by atoms with Gasteiger partial charge < -0.3 is 5.73 Å². The Morgan fingerprint density at radius 2 is 1.82 bits per heavy atom. The van der Waals surface area contributed by atoms with Gasteiger partial charge in [0.2, 0.25) is 0 Å². The highest BCUT2D eigenvalue weighted by molar-refractivity contribution is 5.77. The number of aliphatic imine (C=N–C) groups is 1. The molecule has 17 heavy (non-hydrogen) atoms. The quantitative estimate of drug-likeness (QED) is 0.815. The second kappa shape index (κ2) is 4.89. The molecule has 1 unspecified atom stereocenters. The molecule has 0 aliphatic rings. The maximum atomic E-state index is 6.16. The van der Waals surface area contributed by atoms with E-state index < -0.39 is 5.66 Å².